The molecule has 2 aromatic heterocycles. The predicted octanol–water partition coefficient (Wildman–Crippen LogP) is 3.10. The maximum absolute atomic E-state index is 10.6. The molecule has 0 aliphatic rings. The molecule has 0 saturated carbocycles. The molecule has 0 aliphatic heterocycles. The highest BCUT2D eigenvalue weighted by Crippen LogP contribution is 2.22. The van der Waals surface area contributed by atoms with Gasteiger partial charge in [0, 0.05) is 5.56 Å². The Balaban J connectivity index is 1.92. The lowest BCUT2D eigenvalue weighted by atomic mass is 10.1. The van der Waals surface area contributed by atoms with E-state index >= 15 is 0 Å². The zero-order valence-corrected chi connectivity index (χ0v) is 11.2. The van der Waals surface area contributed by atoms with Crippen molar-refractivity contribution in [1.82, 2.24) is 14.8 Å². The van der Waals surface area contributed by atoms with Crippen molar-refractivity contribution >= 4 is 22.2 Å². The maximum atomic E-state index is 10.6. The second-order valence-corrected chi connectivity index (χ2v) is 4.53. The molecule has 1 aromatic carbocycles. The van der Waals surface area contributed by atoms with Crippen LogP contribution in [0.3, 0.4) is 0 Å². The van der Waals surface area contributed by atoms with Crippen LogP contribution in [0.15, 0.2) is 51.9 Å². The Hall–Kier alpha value is -2.21. The number of aromatic nitrogens is 3. The van der Waals surface area contributed by atoms with E-state index in [1.54, 1.807) is 23.1 Å². The standard InChI is InChI=1S/C13H8BrN3O2/c14-13-15-8-17(16-13)10-3-1-9(2-4-10)12-6-5-11(7-18)19-12/h1-8H. The number of hydrogen-bond acceptors (Lipinski definition) is 4. The summed E-state index contributed by atoms with van der Waals surface area (Å²) in [6.07, 6.45) is 2.31. The van der Waals surface area contributed by atoms with Gasteiger partial charge in [0.2, 0.25) is 4.73 Å². The molecule has 3 rings (SSSR count). The molecule has 2 heterocycles. The van der Waals surface area contributed by atoms with E-state index in [4.69, 9.17) is 4.42 Å². The molecule has 94 valence electrons. The summed E-state index contributed by atoms with van der Waals surface area (Å²) < 4.78 is 7.56. The van der Waals surface area contributed by atoms with E-state index in [0.717, 1.165) is 11.3 Å². The number of furan rings is 1. The van der Waals surface area contributed by atoms with E-state index in [1.807, 2.05) is 24.3 Å². The summed E-state index contributed by atoms with van der Waals surface area (Å²) >= 11 is 3.20. The van der Waals surface area contributed by atoms with E-state index < -0.39 is 0 Å². The molecular weight excluding hydrogens is 310 g/mol. The van der Waals surface area contributed by atoms with Gasteiger partial charge < -0.3 is 4.42 Å². The Morgan fingerprint density at radius 2 is 1.95 bits per heavy atom. The Bertz CT molecular complexity index is 716. The highest BCUT2D eigenvalue weighted by atomic mass is 79.9. The lowest BCUT2D eigenvalue weighted by Crippen LogP contribution is -1.93. The van der Waals surface area contributed by atoms with Gasteiger partial charge in [0.25, 0.3) is 0 Å². The summed E-state index contributed by atoms with van der Waals surface area (Å²) in [4.78, 5) is 14.6. The Morgan fingerprint density at radius 1 is 1.16 bits per heavy atom. The van der Waals surface area contributed by atoms with E-state index in [0.29, 0.717) is 22.5 Å². The molecule has 0 saturated heterocycles. The van der Waals surface area contributed by atoms with Gasteiger partial charge in [-0.2, -0.15) is 0 Å². The van der Waals surface area contributed by atoms with Gasteiger partial charge in [-0.25, -0.2) is 9.67 Å². The van der Waals surface area contributed by atoms with Crippen LogP contribution in [0.4, 0.5) is 0 Å². The summed E-state index contributed by atoms with van der Waals surface area (Å²) in [6, 6.07) is 11.0. The number of benzene rings is 1. The van der Waals surface area contributed by atoms with Crippen LogP contribution in [0.2, 0.25) is 0 Å². The smallest absolute Gasteiger partial charge is 0.217 e. The highest BCUT2D eigenvalue weighted by Gasteiger charge is 2.05. The molecule has 6 heteroatoms. The Labute approximate surface area is 117 Å². The zero-order valence-electron chi connectivity index (χ0n) is 9.65. The number of hydrogen-bond donors (Lipinski definition) is 0. The van der Waals surface area contributed by atoms with Crippen LogP contribution < -0.4 is 0 Å². The first kappa shape index (κ1) is 11.9. The number of rotatable bonds is 3. The van der Waals surface area contributed by atoms with Gasteiger partial charge in [-0.1, -0.05) is 0 Å². The molecule has 0 N–H and O–H groups in total. The number of carbonyl (C=O) groups excluding carboxylic acids is 1. The fourth-order valence-electron chi connectivity index (χ4n) is 1.72. The first-order valence-electron chi connectivity index (χ1n) is 5.49. The van der Waals surface area contributed by atoms with Crippen LogP contribution in [-0.4, -0.2) is 21.1 Å². The van der Waals surface area contributed by atoms with Crippen LogP contribution in [0.5, 0.6) is 0 Å². The summed E-state index contributed by atoms with van der Waals surface area (Å²) in [6.45, 7) is 0. The van der Waals surface area contributed by atoms with E-state index in [9.17, 15) is 4.79 Å². The zero-order chi connectivity index (χ0) is 13.2. The van der Waals surface area contributed by atoms with Crippen LogP contribution in [0, 0.1) is 0 Å². The van der Waals surface area contributed by atoms with Gasteiger partial charge in [0.1, 0.15) is 12.1 Å². The summed E-state index contributed by atoms with van der Waals surface area (Å²) in [5, 5.41) is 4.15. The summed E-state index contributed by atoms with van der Waals surface area (Å²) in [5.74, 6) is 0.979. The lowest BCUT2D eigenvalue weighted by Gasteiger charge is -2.01. The molecule has 0 radical (unpaired) electrons. The fraction of sp³-hybridized carbons (Fsp3) is 0. The monoisotopic (exact) mass is 317 g/mol. The minimum absolute atomic E-state index is 0.319. The average molecular weight is 318 g/mol. The molecule has 19 heavy (non-hydrogen) atoms. The number of carbonyl (C=O) groups is 1. The lowest BCUT2D eigenvalue weighted by molar-refractivity contribution is 0.110. The van der Waals surface area contributed by atoms with Crippen LogP contribution >= 0.6 is 15.9 Å². The Kier molecular flexibility index (Phi) is 3.00. The van der Waals surface area contributed by atoms with Crippen molar-refractivity contribution in [1.29, 1.82) is 0 Å². The predicted molar refractivity (Wildman–Crippen MR) is 72.1 cm³/mol. The van der Waals surface area contributed by atoms with E-state index in [2.05, 4.69) is 26.0 Å². The topological polar surface area (TPSA) is 60.9 Å². The minimum atomic E-state index is 0.319. The van der Waals surface area contributed by atoms with Gasteiger partial charge >= 0.3 is 0 Å². The molecule has 0 unspecified atom stereocenters. The van der Waals surface area contributed by atoms with Crippen molar-refractivity contribution < 1.29 is 9.21 Å². The molecule has 3 aromatic rings. The van der Waals surface area contributed by atoms with Crippen molar-refractivity contribution in [3.8, 4) is 17.0 Å². The minimum Gasteiger partial charge on any atom is -0.453 e. The van der Waals surface area contributed by atoms with Crippen molar-refractivity contribution in [2.45, 2.75) is 0 Å². The molecule has 0 atom stereocenters. The second kappa shape index (κ2) is 4.81. The van der Waals surface area contributed by atoms with Crippen LogP contribution in [0.25, 0.3) is 17.0 Å². The third-order valence-electron chi connectivity index (χ3n) is 2.62. The molecular formula is C13H8BrN3O2. The van der Waals surface area contributed by atoms with Crippen molar-refractivity contribution in [3.05, 3.63) is 53.2 Å². The first-order chi connectivity index (χ1) is 9.26. The van der Waals surface area contributed by atoms with E-state index in [-0.39, 0.29) is 0 Å². The van der Waals surface area contributed by atoms with Gasteiger partial charge in [-0.3, -0.25) is 4.79 Å². The fourth-order valence-corrected chi connectivity index (χ4v) is 1.98. The molecule has 0 spiro atoms. The van der Waals surface area contributed by atoms with Gasteiger partial charge in [-0.05, 0) is 52.3 Å². The number of aldehydes is 1. The highest BCUT2D eigenvalue weighted by molar-refractivity contribution is 9.10. The number of halogens is 1. The molecule has 0 fully saturated rings. The largest absolute Gasteiger partial charge is 0.453 e. The average Bonchev–Trinajstić information content (AvgIpc) is 3.07. The normalized spacial score (nSPS) is 10.6. The number of nitrogens with zero attached hydrogens (tertiary/aromatic N) is 3. The summed E-state index contributed by atoms with van der Waals surface area (Å²) in [7, 11) is 0. The molecule has 0 aliphatic carbocycles. The van der Waals surface area contributed by atoms with Gasteiger partial charge in [0.15, 0.2) is 12.0 Å². The van der Waals surface area contributed by atoms with Crippen LogP contribution in [0.1, 0.15) is 10.6 Å². The van der Waals surface area contributed by atoms with E-state index in [1.165, 1.54) is 0 Å². The SMILES string of the molecule is O=Cc1ccc(-c2ccc(-n3cnc(Br)n3)cc2)o1. The van der Waals surface area contributed by atoms with Gasteiger partial charge in [-0.15, -0.1) is 5.10 Å². The third kappa shape index (κ3) is 2.34. The quantitative estimate of drug-likeness (QED) is 0.696. The van der Waals surface area contributed by atoms with Crippen LogP contribution in [-0.2, 0) is 0 Å². The molecule has 0 bridgehead atoms. The maximum Gasteiger partial charge on any atom is 0.217 e. The van der Waals surface area contributed by atoms with Crippen molar-refractivity contribution in [2.75, 3.05) is 0 Å². The van der Waals surface area contributed by atoms with Gasteiger partial charge in [0.05, 0.1) is 5.69 Å². The Morgan fingerprint density at radius 3 is 2.53 bits per heavy atom. The molecule has 0 amide bonds. The third-order valence-corrected chi connectivity index (χ3v) is 2.99. The first-order valence-corrected chi connectivity index (χ1v) is 6.28. The van der Waals surface area contributed by atoms with Crippen molar-refractivity contribution in [2.24, 2.45) is 0 Å². The van der Waals surface area contributed by atoms with Crippen molar-refractivity contribution in [3.63, 3.8) is 0 Å². The second-order valence-electron chi connectivity index (χ2n) is 3.82. The molecule has 5 nitrogen and oxygen atoms in total. The summed E-state index contributed by atoms with van der Waals surface area (Å²) in [5.41, 5.74) is 1.79.